The quantitative estimate of drug-likeness (QED) is 0.578. The molecule has 1 heterocycles. The molecule has 0 amide bonds. The minimum absolute atomic E-state index is 0.427. The van der Waals surface area contributed by atoms with E-state index in [1.165, 1.54) is 36.7 Å². The SMILES string of the molecule is CCCC1CCC[N+]1(C)C(C)(C)C. The topological polar surface area (TPSA) is 0 Å². The monoisotopic (exact) mass is 184 g/mol. The maximum Gasteiger partial charge on any atom is 0.0907 e. The van der Waals surface area contributed by atoms with Gasteiger partial charge in [-0.05, 0) is 27.2 Å². The first-order chi connectivity index (χ1) is 5.92. The lowest BCUT2D eigenvalue weighted by Gasteiger charge is -2.47. The molecule has 1 aliphatic heterocycles. The van der Waals surface area contributed by atoms with Gasteiger partial charge in [-0.3, -0.25) is 0 Å². The molecule has 78 valence electrons. The molecule has 1 nitrogen and oxygen atoms in total. The predicted octanol–water partition coefficient (Wildman–Crippen LogP) is 3.19. The van der Waals surface area contributed by atoms with Crippen LogP contribution in [0.3, 0.4) is 0 Å². The van der Waals surface area contributed by atoms with Crippen LogP contribution in [0.4, 0.5) is 0 Å². The lowest BCUT2D eigenvalue weighted by molar-refractivity contribution is -0.964. The van der Waals surface area contributed by atoms with Gasteiger partial charge in [-0.15, -0.1) is 0 Å². The Labute approximate surface area is 83.7 Å². The van der Waals surface area contributed by atoms with E-state index >= 15 is 0 Å². The molecule has 1 rings (SSSR count). The van der Waals surface area contributed by atoms with E-state index in [0.717, 1.165) is 6.04 Å². The second-order valence-corrected chi connectivity index (χ2v) is 5.75. The molecule has 0 saturated carbocycles. The maximum absolute atomic E-state index is 2.45. The Morgan fingerprint density at radius 2 is 1.92 bits per heavy atom. The zero-order valence-corrected chi connectivity index (χ0v) is 10.1. The van der Waals surface area contributed by atoms with Crippen molar-refractivity contribution >= 4 is 0 Å². The van der Waals surface area contributed by atoms with Crippen molar-refractivity contribution in [3.63, 3.8) is 0 Å². The third-order valence-corrected chi connectivity index (χ3v) is 4.12. The molecule has 0 aromatic carbocycles. The minimum atomic E-state index is 0.427. The van der Waals surface area contributed by atoms with E-state index in [1.807, 2.05) is 0 Å². The van der Waals surface area contributed by atoms with E-state index in [4.69, 9.17) is 0 Å². The summed E-state index contributed by atoms with van der Waals surface area (Å²) in [5, 5.41) is 0. The average molecular weight is 184 g/mol. The Hall–Kier alpha value is -0.0400. The van der Waals surface area contributed by atoms with Crippen LogP contribution in [-0.4, -0.2) is 29.7 Å². The molecule has 2 unspecified atom stereocenters. The molecule has 1 fully saturated rings. The number of hydrogen-bond donors (Lipinski definition) is 0. The number of likely N-dealkylation sites (tertiary alicyclic amines) is 1. The summed E-state index contributed by atoms with van der Waals surface area (Å²) in [6.07, 6.45) is 5.63. The largest absolute Gasteiger partial charge is 0.319 e. The zero-order valence-electron chi connectivity index (χ0n) is 10.1. The van der Waals surface area contributed by atoms with Gasteiger partial charge in [-0.2, -0.15) is 0 Å². The van der Waals surface area contributed by atoms with Crippen molar-refractivity contribution in [2.24, 2.45) is 0 Å². The summed E-state index contributed by atoms with van der Waals surface area (Å²) < 4.78 is 1.29. The Bertz CT molecular complexity index is 168. The first kappa shape index (κ1) is 11.0. The van der Waals surface area contributed by atoms with E-state index in [1.54, 1.807) is 0 Å². The van der Waals surface area contributed by atoms with Gasteiger partial charge in [0.05, 0.1) is 25.2 Å². The summed E-state index contributed by atoms with van der Waals surface area (Å²) in [6, 6.07) is 0.921. The van der Waals surface area contributed by atoms with Gasteiger partial charge >= 0.3 is 0 Å². The molecule has 0 spiro atoms. The fourth-order valence-corrected chi connectivity index (χ4v) is 2.77. The van der Waals surface area contributed by atoms with Crippen molar-refractivity contribution in [1.82, 2.24) is 0 Å². The highest BCUT2D eigenvalue weighted by Crippen LogP contribution is 2.36. The molecule has 0 aromatic heterocycles. The van der Waals surface area contributed by atoms with Crippen LogP contribution in [0.1, 0.15) is 53.4 Å². The third-order valence-electron chi connectivity index (χ3n) is 4.12. The highest BCUT2D eigenvalue weighted by Gasteiger charge is 2.45. The Morgan fingerprint density at radius 1 is 1.31 bits per heavy atom. The van der Waals surface area contributed by atoms with E-state index in [-0.39, 0.29) is 0 Å². The predicted molar refractivity (Wildman–Crippen MR) is 58.7 cm³/mol. The maximum atomic E-state index is 2.45. The molecule has 1 heteroatoms. The average Bonchev–Trinajstić information content (AvgIpc) is 2.33. The molecular weight excluding hydrogens is 158 g/mol. The molecule has 2 atom stereocenters. The molecule has 0 radical (unpaired) electrons. The van der Waals surface area contributed by atoms with E-state index in [0.29, 0.717) is 5.54 Å². The summed E-state index contributed by atoms with van der Waals surface area (Å²) in [6.45, 7) is 10.9. The summed E-state index contributed by atoms with van der Waals surface area (Å²) in [7, 11) is 2.45. The van der Waals surface area contributed by atoms with E-state index < -0.39 is 0 Å². The van der Waals surface area contributed by atoms with Gasteiger partial charge in [0, 0.05) is 12.8 Å². The third kappa shape index (κ3) is 1.90. The van der Waals surface area contributed by atoms with Crippen molar-refractivity contribution in [3.05, 3.63) is 0 Å². The molecule has 1 saturated heterocycles. The van der Waals surface area contributed by atoms with Crippen molar-refractivity contribution in [2.45, 2.75) is 65.0 Å². The van der Waals surface area contributed by atoms with Crippen LogP contribution in [0, 0.1) is 0 Å². The van der Waals surface area contributed by atoms with Gasteiger partial charge in [0.1, 0.15) is 0 Å². The van der Waals surface area contributed by atoms with Crippen LogP contribution in [0.2, 0.25) is 0 Å². The fraction of sp³-hybridized carbons (Fsp3) is 1.00. The normalized spacial score (nSPS) is 35.3. The van der Waals surface area contributed by atoms with Gasteiger partial charge in [-0.25, -0.2) is 0 Å². The number of nitrogens with zero attached hydrogens (tertiary/aromatic N) is 1. The molecule has 1 aliphatic rings. The van der Waals surface area contributed by atoms with Crippen molar-refractivity contribution in [3.8, 4) is 0 Å². The van der Waals surface area contributed by atoms with Crippen LogP contribution >= 0.6 is 0 Å². The molecular formula is C12H26N+. The van der Waals surface area contributed by atoms with Crippen LogP contribution < -0.4 is 0 Å². The van der Waals surface area contributed by atoms with Crippen LogP contribution in [0.25, 0.3) is 0 Å². The number of rotatable bonds is 2. The molecule has 0 N–H and O–H groups in total. The summed E-state index contributed by atoms with van der Waals surface area (Å²) >= 11 is 0. The Balaban J connectivity index is 2.75. The minimum Gasteiger partial charge on any atom is -0.319 e. The van der Waals surface area contributed by atoms with Crippen molar-refractivity contribution in [1.29, 1.82) is 0 Å². The van der Waals surface area contributed by atoms with Gasteiger partial charge < -0.3 is 4.48 Å². The van der Waals surface area contributed by atoms with Crippen LogP contribution in [0.15, 0.2) is 0 Å². The Kier molecular flexibility index (Phi) is 3.06. The first-order valence-corrected chi connectivity index (χ1v) is 5.77. The van der Waals surface area contributed by atoms with Crippen molar-refractivity contribution < 1.29 is 4.48 Å². The highest BCUT2D eigenvalue weighted by atomic mass is 15.4. The van der Waals surface area contributed by atoms with Crippen molar-refractivity contribution in [2.75, 3.05) is 13.6 Å². The standard InChI is InChI=1S/C12H26N/c1-6-8-11-9-7-10-13(11,5)12(2,3)4/h11H,6-10H2,1-5H3/q+1. The molecule has 0 aromatic rings. The molecule has 13 heavy (non-hydrogen) atoms. The van der Waals surface area contributed by atoms with Gasteiger partial charge in [0.15, 0.2) is 0 Å². The van der Waals surface area contributed by atoms with Crippen LogP contribution in [0.5, 0.6) is 0 Å². The molecule has 0 bridgehead atoms. The Morgan fingerprint density at radius 3 is 2.38 bits per heavy atom. The van der Waals surface area contributed by atoms with E-state index in [2.05, 4.69) is 34.7 Å². The summed E-state index contributed by atoms with van der Waals surface area (Å²) in [4.78, 5) is 0. The summed E-state index contributed by atoms with van der Waals surface area (Å²) in [5.74, 6) is 0. The summed E-state index contributed by atoms with van der Waals surface area (Å²) in [5.41, 5.74) is 0.427. The van der Waals surface area contributed by atoms with Gasteiger partial charge in [0.25, 0.3) is 0 Å². The van der Waals surface area contributed by atoms with Gasteiger partial charge in [0.2, 0.25) is 0 Å². The smallest absolute Gasteiger partial charge is 0.0907 e. The van der Waals surface area contributed by atoms with E-state index in [9.17, 15) is 0 Å². The second-order valence-electron chi connectivity index (χ2n) is 5.75. The number of hydrogen-bond acceptors (Lipinski definition) is 0. The fourth-order valence-electron chi connectivity index (χ4n) is 2.77. The molecule has 0 aliphatic carbocycles. The van der Waals surface area contributed by atoms with Gasteiger partial charge in [-0.1, -0.05) is 13.3 Å². The lowest BCUT2D eigenvalue weighted by Crippen LogP contribution is -2.59. The first-order valence-electron chi connectivity index (χ1n) is 5.77. The highest BCUT2D eigenvalue weighted by molar-refractivity contribution is 4.74. The zero-order chi connectivity index (χ0) is 10.1. The second kappa shape index (κ2) is 3.61. The van der Waals surface area contributed by atoms with Crippen LogP contribution in [-0.2, 0) is 0 Å². The lowest BCUT2D eigenvalue weighted by atomic mass is 9.98. The number of quaternary nitrogens is 1.